The summed E-state index contributed by atoms with van der Waals surface area (Å²) in [7, 11) is 0. The third-order valence-electron chi connectivity index (χ3n) is 3.45. The van der Waals surface area contributed by atoms with E-state index in [0.29, 0.717) is 0 Å². The van der Waals surface area contributed by atoms with E-state index in [2.05, 4.69) is 0 Å². The Morgan fingerprint density at radius 2 is 2.00 bits per heavy atom. The summed E-state index contributed by atoms with van der Waals surface area (Å²) in [6, 6.07) is -0.806. The summed E-state index contributed by atoms with van der Waals surface area (Å²) in [5.41, 5.74) is 4.44. The van der Waals surface area contributed by atoms with Gasteiger partial charge in [0.25, 0.3) is 0 Å². The van der Waals surface area contributed by atoms with Gasteiger partial charge in [-0.2, -0.15) is 0 Å². The Bertz CT molecular complexity index is 419. The van der Waals surface area contributed by atoms with E-state index in [9.17, 15) is 19.8 Å². The van der Waals surface area contributed by atoms with Crippen molar-refractivity contribution >= 4 is 11.8 Å². The van der Waals surface area contributed by atoms with Crippen molar-refractivity contribution in [3.05, 3.63) is 12.3 Å². The first-order valence-corrected chi connectivity index (χ1v) is 6.37. The lowest BCUT2D eigenvalue weighted by molar-refractivity contribution is -0.112. The molecule has 1 unspecified atom stereocenters. The van der Waals surface area contributed by atoms with E-state index in [1.165, 1.54) is 26.1 Å². The van der Waals surface area contributed by atoms with Gasteiger partial charge in [0.1, 0.15) is 12.3 Å². The number of nitrogens with two attached hydrogens (primary N) is 1. The number of hydrogen-bond acceptors (Lipinski definition) is 5. The molecule has 4 atom stereocenters. The number of carbonyl (C=O) groups excluding carboxylic acids is 2. The van der Waals surface area contributed by atoms with Crippen LogP contribution in [-0.2, 0) is 9.53 Å². The lowest BCUT2D eigenvalue weighted by Crippen LogP contribution is -2.48. The maximum atomic E-state index is 11.5. The van der Waals surface area contributed by atoms with Crippen LogP contribution in [0.3, 0.4) is 0 Å². The Morgan fingerprint density at radius 1 is 1.45 bits per heavy atom. The molecule has 0 aromatic heterocycles. The molecule has 1 heterocycles. The van der Waals surface area contributed by atoms with E-state index < -0.39 is 36.0 Å². The molecule has 1 aliphatic rings. The number of ketones is 1. The van der Waals surface area contributed by atoms with Crippen LogP contribution in [0.5, 0.6) is 0 Å². The van der Waals surface area contributed by atoms with Crippen LogP contribution < -0.4 is 5.73 Å². The summed E-state index contributed by atoms with van der Waals surface area (Å²) in [6.45, 7) is 6.22. The van der Waals surface area contributed by atoms with Crippen molar-refractivity contribution in [2.45, 2.75) is 52.2 Å². The molecule has 4 N–H and O–H groups in total. The Balaban J connectivity index is 3.08. The lowest BCUT2D eigenvalue weighted by atomic mass is 9.83. The van der Waals surface area contributed by atoms with Crippen LogP contribution in [0.2, 0.25) is 0 Å². The van der Waals surface area contributed by atoms with E-state index in [1.807, 2.05) is 0 Å². The second-order valence-corrected chi connectivity index (χ2v) is 5.63. The first-order chi connectivity index (χ1) is 9.09. The molecule has 1 fully saturated rings. The summed E-state index contributed by atoms with van der Waals surface area (Å²) in [5, 5.41) is 19.8. The quantitative estimate of drug-likeness (QED) is 0.628. The second-order valence-electron chi connectivity index (χ2n) is 5.63. The molecular weight excluding hydrogens is 264 g/mol. The Labute approximate surface area is 118 Å². The van der Waals surface area contributed by atoms with Gasteiger partial charge in [0.2, 0.25) is 0 Å². The van der Waals surface area contributed by atoms with Gasteiger partial charge in [-0.05, 0) is 19.9 Å². The van der Waals surface area contributed by atoms with E-state index in [0.717, 1.165) is 4.90 Å². The standard InChI is InChI=1S/C13H22N2O5/c1-7(16)5-6-15(12(14)19)11-13(3,4)10(18)9(20-11)8(2)17/h5-6,8-11,17-18H,1-4H3,(H2,14,19)/b6-5-/t8?,9-,10-,11-/m1/s1. The van der Waals surface area contributed by atoms with E-state index in [-0.39, 0.29) is 5.78 Å². The fourth-order valence-electron chi connectivity index (χ4n) is 2.22. The van der Waals surface area contributed by atoms with Crippen LogP contribution in [0.15, 0.2) is 12.3 Å². The molecule has 1 rings (SSSR count). The van der Waals surface area contributed by atoms with Gasteiger partial charge in [-0.1, -0.05) is 13.8 Å². The van der Waals surface area contributed by atoms with Gasteiger partial charge in [-0.15, -0.1) is 0 Å². The van der Waals surface area contributed by atoms with Crippen LogP contribution in [0.25, 0.3) is 0 Å². The van der Waals surface area contributed by atoms with Crippen molar-refractivity contribution < 1.29 is 24.5 Å². The zero-order valence-corrected chi connectivity index (χ0v) is 12.1. The fourth-order valence-corrected chi connectivity index (χ4v) is 2.22. The highest BCUT2D eigenvalue weighted by Gasteiger charge is 2.54. The van der Waals surface area contributed by atoms with Crippen molar-refractivity contribution in [2.24, 2.45) is 11.1 Å². The first kappa shape index (κ1) is 16.6. The van der Waals surface area contributed by atoms with Crippen LogP contribution in [0.4, 0.5) is 4.79 Å². The molecule has 0 aromatic rings. The van der Waals surface area contributed by atoms with E-state index in [1.54, 1.807) is 13.8 Å². The number of urea groups is 1. The summed E-state index contributed by atoms with van der Waals surface area (Å²) >= 11 is 0. The maximum absolute atomic E-state index is 11.5. The molecular formula is C13H22N2O5. The molecule has 114 valence electrons. The summed E-state index contributed by atoms with van der Waals surface area (Å²) < 4.78 is 5.57. The molecule has 0 saturated carbocycles. The second kappa shape index (κ2) is 5.90. The fraction of sp³-hybridized carbons (Fsp3) is 0.692. The number of aliphatic hydroxyl groups excluding tert-OH is 2. The normalized spacial score (nSPS) is 30.4. The van der Waals surface area contributed by atoms with E-state index in [4.69, 9.17) is 10.5 Å². The Kier molecular flexibility index (Phi) is 4.90. The Hall–Kier alpha value is -1.44. The molecule has 20 heavy (non-hydrogen) atoms. The topological polar surface area (TPSA) is 113 Å². The SMILES string of the molecule is CC(=O)/C=C\N(C(N)=O)[C@@H]1O[C@H](C(C)O)[C@@H](O)C1(C)C. The van der Waals surface area contributed by atoms with Crippen LogP contribution in [-0.4, -0.2) is 51.5 Å². The maximum Gasteiger partial charge on any atom is 0.320 e. The lowest BCUT2D eigenvalue weighted by Gasteiger charge is -2.33. The number of ether oxygens (including phenoxy) is 1. The number of rotatable bonds is 4. The zero-order chi connectivity index (χ0) is 15.7. The molecule has 0 aliphatic carbocycles. The molecule has 0 bridgehead atoms. The van der Waals surface area contributed by atoms with Gasteiger partial charge in [0.05, 0.1) is 12.2 Å². The van der Waals surface area contributed by atoms with E-state index >= 15 is 0 Å². The number of primary amides is 1. The molecule has 2 amide bonds. The van der Waals surface area contributed by atoms with Crippen LogP contribution in [0.1, 0.15) is 27.7 Å². The monoisotopic (exact) mass is 286 g/mol. The van der Waals surface area contributed by atoms with Crippen molar-refractivity contribution in [1.29, 1.82) is 0 Å². The molecule has 1 aliphatic heterocycles. The highest BCUT2D eigenvalue weighted by Crippen LogP contribution is 2.41. The molecule has 7 heteroatoms. The molecule has 0 spiro atoms. The average molecular weight is 286 g/mol. The average Bonchev–Trinajstić information content (AvgIpc) is 2.52. The largest absolute Gasteiger partial charge is 0.391 e. The van der Waals surface area contributed by atoms with Crippen molar-refractivity contribution in [3.63, 3.8) is 0 Å². The molecule has 0 aromatic carbocycles. The first-order valence-electron chi connectivity index (χ1n) is 6.37. The number of carbonyl (C=O) groups is 2. The number of nitrogens with zero attached hydrogens (tertiary/aromatic N) is 1. The number of amides is 2. The van der Waals surface area contributed by atoms with Gasteiger partial charge in [0.15, 0.2) is 5.78 Å². The number of allylic oxidation sites excluding steroid dienone is 1. The highest BCUT2D eigenvalue weighted by molar-refractivity contribution is 5.87. The summed E-state index contributed by atoms with van der Waals surface area (Å²) in [5.74, 6) is -0.250. The van der Waals surface area contributed by atoms with Gasteiger partial charge >= 0.3 is 6.03 Å². The number of hydrogen-bond donors (Lipinski definition) is 3. The summed E-state index contributed by atoms with van der Waals surface area (Å²) in [4.78, 5) is 23.6. The minimum absolute atomic E-state index is 0.250. The van der Waals surface area contributed by atoms with Crippen molar-refractivity contribution in [2.75, 3.05) is 0 Å². The highest BCUT2D eigenvalue weighted by atomic mass is 16.6. The van der Waals surface area contributed by atoms with Gasteiger partial charge in [-0.3, -0.25) is 9.69 Å². The van der Waals surface area contributed by atoms with Gasteiger partial charge in [0, 0.05) is 11.6 Å². The molecule has 0 radical (unpaired) electrons. The summed E-state index contributed by atoms with van der Waals surface area (Å²) in [6.07, 6.45) is -1.16. The molecule has 7 nitrogen and oxygen atoms in total. The third kappa shape index (κ3) is 3.17. The zero-order valence-electron chi connectivity index (χ0n) is 12.1. The predicted molar refractivity (Wildman–Crippen MR) is 71.4 cm³/mol. The van der Waals surface area contributed by atoms with Crippen LogP contribution in [0, 0.1) is 5.41 Å². The predicted octanol–water partition coefficient (Wildman–Crippen LogP) is -0.0374. The van der Waals surface area contributed by atoms with Crippen molar-refractivity contribution in [3.8, 4) is 0 Å². The Morgan fingerprint density at radius 3 is 2.35 bits per heavy atom. The third-order valence-corrected chi connectivity index (χ3v) is 3.45. The van der Waals surface area contributed by atoms with Crippen LogP contribution >= 0.6 is 0 Å². The van der Waals surface area contributed by atoms with Gasteiger partial charge in [-0.25, -0.2) is 4.79 Å². The minimum atomic E-state index is -0.972. The minimum Gasteiger partial charge on any atom is -0.391 e. The smallest absolute Gasteiger partial charge is 0.320 e. The number of aliphatic hydroxyl groups is 2. The van der Waals surface area contributed by atoms with Crippen molar-refractivity contribution in [1.82, 2.24) is 4.90 Å². The van der Waals surface area contributed by atoms with Gasteiger partial charge < -0.3 is 20.7 Å². The molecule has 1 saturated heterocycles.